The Morgan fingerprint density at radius 2 is 2.08 bits per heavy atom. The van der Waals surface area contributed by atoms with Crippen LogP contribution in [0.5, 0.6) is 5.75 Å². The molecule has 2 heterocycles. The van der Waals surface area contributed by atoms with Gasteiger partial charge in [-0.3, -0.25) is 14.5 Å². The number of hydrogen-bond donors (Lipinski definition) is 2. The van der Waals surface area contributed by atoms with E-state index in [1.165, 1.54) is 13.3 Å². The van der Waals surface area contributed by atoms with Gasteiger partial charge in [0.05, 0.1) is 19.3 Å². The summed E-state index contributed by atoms with van der Waals surface area (Å²) >= 11 is 0. The van der Waals surface area contributed by atoms with Crippen LogP contribution < -0.4 is 15.5 Å². The number of nitrogens with zero attached hydrogens (tertiary/aromatic N) is 1. The highest BCUT2D eigenvalue weighted by Gasteiger charge is 2.35. The first kappa shape index (κ1) is 18.4. The fourth-order valence-corrected chi connectivity index (χ4v) is 3.34. The van der Waals surface area contributed by atoms with Crippen LogP contribution in [0.15, 0.2) is 29.2 Å². The van der Waals surface area contributed by atoms with Crippen molar-refractivity contribution >= 4 is 16.8 Å². The Balaban J connectivity index is 1.86. The van der Waals surface area contributed by atoms with Gasteiger partial charge < -0.3 is 19.8 Å². The smallest absolute Gasteiger partial charge is 0.257 e. The fourth-order valence-electron chi connectivity index (χ4n) is 3.34. The number of amides is 1. The largest absolute Gasteiger partial charge is 0.497 e. The number of hydrogen-bond acceptors (Lipinski definition) is 5. The molecule has 140 valence electrons. The van der Waals surface area contributed by atoms with Gasteiger partial charge in [0.1, 0.15) is 11.3 Å². The average molecular weight is 359 g/mol. The first-order valence-corrected chi connectivity index (χ1v) is 8.71. The topological polar surface area (TPSA) is 83.7 Å². The van der Waals surface area contributed by atoms with E-state index in [4.69, 9.17) is 9.47 Å². The van der Waals surface area contributed by atoms with E-state index in [9.17, 15) is 9.59 Å². The first-order chi connectivity index (χ1) is 12.4. The predicted molar refractivity (Wildman–Crippen MR) is 99.9 cm³/mol. The minimum atomic E-state index is -0.395. The molecule has 1 aromatic heterocycles. The highest BCUT2D eigenvalue weighted by Crippen LogP contribution is 2.18. The molecule has 2 aromatic rings. The van der Waals surface area contributed by atoms with Crippen LogP contribution in [0.4, 0.5) is 0 Å². The summed E-state index contributed by atoms with van der Waals surface area (Å²) in [6.45, 7) is 5.67. The normalized spacial score (nSPS) is 20.7. The molecular formula is C19H25N3O4. The number of aromatic nitrogens is 1. The molecule has 1 aliphatic rings. The average Bonchev–Trinajstić information content (AvgIpc) is 3.05. The Bertz CT molecular complexity index is 861. The summed E-state index contributed by atoms with van der Waals surface area (Å²) in [5.41, 5.74) is 0.431. The highest BCUT2D eigenvalue weighted by atomic mass is 16.5. The van der Waals surface area contributed by atoms with E-state index < -0.39 is 5.91 Å². The van der Waals surface area contributed by atoms with Gasteiger partial charge >= 0.3 is 0 Å². The number of carbonyl (C=O) groups excluding carboxylic acids is 1. The van der Waals surface area contributed by atoms with Crippen LogP contribution >= 0.6 is 0 Å². The third-order valence-corrected chi connectivity index (χ3v) is 4.98. The summed E-state index contributed by atoms with van der Waals surface area (Å²) in [6, 6.07) is 5.37. The molecule has 2 atom stereocenters. The SMILES string of the molecule is COc1ccc2[nH]cc(C(=O)N[C@H]3CN(C(C)C)C[C@@H]3OC)c(=O)c2c1. The number of benzene rings is 1. The number of methoxy groups -OCH3 is 2. The zero-order valence-electron chi connectivity index (χ0n) is 15.5. The highest BCUT2D eigenvalue weighted by molar-refractivity contribution is 5.97. The minimum absolute atomic E-state index is 0.0867. The zero-order chi connectivity index (χ0) is 18.8. The third kappa shape index (κ3) is 3.45. The predicted octanol–water partition coefficient (Wildman–Crippen LogP) is 1.37. The van der Waals surface area contributed by atoms with Crippen LogP contribution in [0.2, 0.25) is 0 Å². The van der Waals surface area contributed by atoms with Crippen LogP contribution in [0.25, 0.3) is 10.9 Å². The second-order valence-corrected chi connectivity index (χ2v) is 6.84. The molecule has 0 unspecified atom stereocenters. The molecular weight excluding hydrogens is 334 g/mol. The summed E-state index contributed by atoms with van der Waals surface area (Å²) in [4.78, 5) is 30.7. The molecule has 0 spiro atoms. The molecule has 2 N–H and O–H groups in total. The van der Waals surface area contributed by atoms with Gasteiger partial charge in [0.25, 0.3) is 5.91 Å². The van der Waals surface area contributed by atoms with Crippen LogP contribution in [0.1, 0.15) is 24.2 Å². The Morgan fingerprint density at radius 3 is 2.73 bits per heavy atom. The van der Waals surface area contributed by atoms with Crippen molar-refractivity contribution in [2.45, 2.75) is 32.0 Å². The molecule has 3 rings (SSSR count). The van der Waals surface area contributed by atoms with Gasteiger partial charge in [-0.25, -0.2) is 0 Å². The Hall–Kier alpha value is -2.38. The monoisotopic (exact) mass is 359 g/mol. The summed E-state index contributed by atoms with van der Waals surface area (Å²) in [5, 5.41) is 3.38. The molecule has 7 nitrogen and oxygen atoms in total. The first-order valence-electron chi connectivity index (χ1n) is 8.71. The van der Waals surface area contributed by atoms with Crippen molar-refractivity contribution in [3.05, 3.63) is 40.2 Å². The summed E-state index contributed by atoms with van der Waals surface area (Å²) in [7, 11) is 3.18. The number of nitrogens with one attached hydrogen (secondary N) is 2. The van der Waals surface area contributed by atoms with E-state index in [2.05, 4.69) is 29.0 Å². The van der Waals surface area contributed by atoms with Crippen molar-refractivity contribution in [3.8, 4) is 5.75 Å². The Kier molecular flexibility index (Phi) is 5.29. The molecule has 1 saturated heterocycles. The maximum absolute atomic E-state index is 12.8. The van der Waals surface area contributed by atoms with Gasteiger partial charge in [-0.1, -0.05) is 0 Å². The Labute approximate surface area is 152 Å². The van der Waals surface area contributed by atoms with Gasteiger partial charge in [0.15, 0.2) is 0 Å². The lowest BCUT2D eigenvalue weighted by Gasteiger charge is -2.20. The quantitative estimate of drug-likeness (QED) is 0.843. The number of fused-ring (bicyclic) bond motifs is 1. The van der Waals surface area contributed by atoms with Crippen LogP contribution in [-0.2, 0) is 4.74 Å². The summed E-state index contributed by atoms with van der Waals surface area (Å²) in [6.07, 6.45) is 1.37. The lowest BCUT2D eigenvalue weighted by molar-refractivity contribution is 0.0752. The van der Waals surface area contributed by atoms with Gasteiger partial charge in [-0.15, -0.1) is 0 Å². The molecule has 7 heteroatoms. The number of H-pyrrole nitrogens is 1. The Morgan fingerprint density at radius 1 is 1.31 bits per heavy atom. The van der Waals surface area contributed by atoms with E-state index in [0.29, 0.717) is 29.2 Å². The van der Waals surface area contributed by atoms with Crippen molar-refractivity contribution in [1.29, 1.82) is 0 Å². The van der Waals surface area contributed by atoms with Gasteiger partial charge in [0.2, 0.25) is 5.43 Å². The summed E-state index contributed by atoms with van der Waals surface area (Å²) in [5.74, 6) is 0.178. The maximum Gasteiger partial charge on any atom is 0.257 e. The minimum Gasteiger partial charge on any atom is -0.497 e. The lowest BCUT2D eigenvalue weighted by Crippen LogP contribution is -2.45. The van der Waals surface area contributed by atoms with Gasteiger partial charge in [0, 0.05) is 43.3 Å². The van der Waals surface area contributed by atoms with Crippen molar-refractivity contribution in [1.82, 2.24) is 15.2 Å². The number of ether oxygens (including phenoxy) is 2. The number of rotatable bonds is 5. The van der Waals surface area contributed by atoms with E-state index in [0.717, 1.165) is 6.54 Å². The number of carbonyl (C=O) groups is 1. The van der Waals surface area contributed by atoms with Gasteiger partial charge in [-0.2, -0.15) is 0 Å². The molecule has 26 heavy (non-hydrogen) atoms. The van der Waals surface area contributed by atoms with Crippen LogP contribution in [0, 0.1) is 0 Å². The fraction of sp³-hybridized carbons (Fsp3) is 0.474. The summed E-state index contributed by atoms with van der Waals surface area (Å²) < 4.78 is 10.7. The molecule has 0 aliphatic carbocycles. The third-order valence-electron chi connectivity index (χ3n) is 4.98. The second kappa shape index (κ2) is 7.47. The van der Waals surface area contributed by atoms with E-state index in [1.54, 1.807) is 25.3 Å². The van der Waals surface area contributed by atoms with Crippen molar-refractivity contribution in [3.63, 3.8) is 0 Å². The standard InChI is InChI=1S/C19H25N3O4/c1-11(2)22-9-16(17(10-22)26-4)21-19(24)14-8-20-15-6-5-12(25-3)7-13(15)18(14)23/h5-8,11,16-17H,9-10H2,1-4H3,(H,20,23)(H,21,24)/t16-,17-/m0/s1. The molecule has 1 amide bonds. The molecule has 0 bridgehead atoms. The van der Waals surface area contributed by atoms with Crippen molar-refractivity contribution < 1.29 is 14.3 Å². The lowest BCUT2D eigenvalue weighted by atomic mass is 10.1. The molecule has 0 radical (unpaired) electrons. The molecule has 0 saturated carbocycles. The second-order valence-electron chi connectivity index (χ2n) is 6.84. The van der Waals surface area contributed by atoms with E-state index in [-0.39, 0.29) is 23.1 Å². The number of likely N-dealkylation sites (tertiary alicyclic amines) is 1. The van der Waals surface area contributed by atoms with Crippen LogP contribution in [0.3, 0.4) is 0 Å². The molecule has 1 aromatic carbocycles. The maximum atomic E-state index is 12.8. The van der Waals surface area contributed by atoms with Crippen molar-refractivity contribution in [2.75, 3.05) is 27.3 Å². The number of pyridine rings is 1. The van der Waals surface area contributed by atoms with E-state index in [1.807, 2.05) is 0 Å². The van der Waals surface area contributed by atoms with Crippen molar-refractivity contribution in [2.24, 2.45) is 0 Å². The van der Waals surface area contributed by atoms with Gasteiger partial charge in [-0.05, 0) is 32.0 Å². The molecule has 1 aliphatic heterocycles. The zero-order valence-corrected chi connectivity index (χ0v) is 15.5. The van der Waals surface area contributed by atoms with Crippen LogP contribution in [-0.4, -0.2) is 61.3 Å². The molecule has 1 fully saturated rings. The number of aromatic amines is 1. The van der Waals surface area contributed by atoms with E-state index >= 15 is 0 Å².